The molecular formula is C13H14IN3O5. The highest BCUT2D eigenvalue weighted by Crippen LogP contribution is 2.34. The Morgan fingerprint density at radius 1 is 1.50 bits per heavy atom. The van der Waals surface area contributed by atoms with E-state index in [1.54, 1.807) is 26.8 Å². The Kier molecular flexibility index (Phi) is 5.92. The van der Waals surface area contributed by atoms with Gasteiger partial charge in [-0.25, -0.2) is 4.79 Å². The fourth-order valence-electron chi connectivity index (χ4n) is 1.43. The number of halogens is 1. The van der Waals surface area contributed by atoms with E-state index >= 15 is 0 Å². The Hall–Kier alpha value is -2.09. The molecule has 0 radical (unpaired) electrons. The molecule has 0 aromatic heterocycles. The molecule has 1 aromatic carbocycles. The lowest BCUT2D eigenvalue weighted by molar-refractivity contribution is -0.384. The van der Waals surface area contributed by atoms with Crippen LogP contribution >= 0.6 is 22.6 Å². The van der Waals surface area contributed by atoms with Crippen molar-refractivity contribution < 1.29 is 19.2 Å². The Morgan fingerprint density at radius 2 is 2.14 bits per heavy atom. The van der Waals surface area contributed by atoms with Gasteiger partial charge in [-0.3, -0.25) is 15.4 Å². The Labute approximate surface area is 140 Å². The lowest BCUT2D eigenvalue weighted by Crippen LogP contribution is -2.27. The maximum atomic E-state index is 11.8. The zero-order valence-electron chi connectivity index (χ0n) is 12.2. The highest BCUT2D eigenvalue weighted by atomic mass is 127. The molecule has 1 aromatic rings. The van der Waals surface area contributed by atoms with Gasteiger partial charge < -0.3 is 9.47 Å². The third-order valence-corrected chi connectivity index (χ3v) is 3.02. The SMILES string of the molecule is CC(C)(C)OC(=O)Nc1cc(OCC#N)c(I)cc1[N+](=O)[O-]. The minimum absolute atomic E-state index is 0.0624. The van der Waals surface area contributed by atoms with Crippen LogP contribution in [-0.4, -0.2) is 23.2 Å². The van der Waals surface area contributed by atoms with E-state index in [-0.39, 0.29) is 23.7 Å². The van der Waals surface area contributed by atoms with Crippen molar-refractivity contribution in [3.63, 3.8) is 0 Å². The number of carbonyl (C=O) groups is 1. The summed E-state index contributed by atoms with van der Waals surface area (Å²) in [5.41, 5.74) is -1.09. The molecule has 0 aliphatic heterocycles. The number of nitriles is 1. The van der Waals surface area contributed by atoms with Crippen molar-refractivity contribution in [2.24, 2.45) is 0 Å². The summed E-state index contributed by atoms with van der Waals surface area (Å²) in [6.45, 7) is 4.82. The number of nitrogens with zero attached hydrogens (tertiary/aromatic N) is 2. The number of amides is 1. The van der Waals surface area contributed by atoms with Gasteiger partial charge in [-0.2, -0.15) is 5.26 Å². The molecule has 1 N–H and O–H groups in total. The van der Waals surface area contributed by atoms with Crippen molar-refractivity contribution in [2.45, 2.75) is 26.4 Å². The van der Waals surface area contributed by atoms with Crippen molar-refractivity contribution >= 4 is 40.1 Å². The zero-order valence-corrected chi connectivity index (χ0v) is 14.3. The zero-order chi connectivity index (χ0) is 16.9. The molecule has 0 spiro atoms. The Balaban J connectivity index is 3.12. The fraction of sp³-hybridized carbons (Fsp3) is 0.385. The molecule has 1 amide bonds. The normalized spacial score (nSPS) is 10.5. The maximum absolute atomic E-state index is 11.8. The number of benzene rings is 1. The van der Waals surface area contributed by atoms with Crippen LogP contribution in [0.25, 0.3) is 0 Å². The van der Waals surface area contributed by atoms with Gasteiger partial charge in [0.05, 0.1) is 8.49 Å². The molecule has 0 heterocycles. The minimum atomic E-state index is -0.817. The van der Waals surface area contributed by atoms with Gasteiger partial charge in [0.2, 0.25) is 0 Å². The number of hydrogen-bond acceptors (Lipinski definition) is 6. The van der Waals surface area contributed by atoms with Gasteiger partial charge in [0.15, 0.2) is 6.61 Å². The third kappa shape index (κ3) is 5.36. The average molecular weight is 419 g/mol. The topological polar surface area (TPSA) is 114 Å². The summed E-state index contributed by atoms with van der Waals surface area (Å²) < 4.78 is 10.7. The predicted octanol–water partition coefficient (Wildman–Crippen LogP) is 3.45. The van der Waals surface area contributed by atoms with Gasteiger partial charge in [-0.15, -0.1) is 0 Å². The number of carbonyl (C=O) groups excluding carboxylic acids is 1. The molecule has 118 valence electrons. The number of nitrogens with one attached hydrogen (secondary N) is 1. The molecular weight excluding hydrogens is 405 g/mol. The van der Waals surface area contributed by atoms with E-state index in [1.165, 1.54) is 12.1 Å². The standard InChI is InChI=1S/C13H14IN3O5/c1-13(2,3)22-12(18)16-9-7-11(21-5-4-15)8(14)6-10(9)17(19)20/h6-7H,5H2,1-3H3,(H,16,18). The number of ether oxygens (including phenoxy) is 2. The van der Waals surface area contributed by atoms with Crippen molar-refractivity contribution in [1.29, 1.82) is 5.26 Å². The highest BCUT2D eigenvalue weighted by Gasteiger charge is 2.23. The van der Waals surface area contributed by atoms with Crippen LogP contribution in [0, 0.1) is 25.0 Å². The van der Waals surface area contributed by atoms with Gasteiger partial charge in [-0.05, 0) is 43.4 Å². The number of anilines is 1. The summed E-state index contributed by atoms with van der Waals surface area (Å²) in [6.07, 6.45) is -0.817. The molecule has 8 nitrogen and oxygen atoms in total. The largest absolute Gasteiger partial charge is 0.478 e. The minimum Gasteiger partial charge on any atom is -0.478 e. The van der Waals surface area contributed by atoms with Crippen molar-refractivity contribution in [2.75, 3.05) is 11.9 Å². The average Bonchev–Trinajstić information content (AvgIpc) is 2.36. The van der Waals surface area contributed by atoms with Gasteiger partial charge in [0.25, 0.3) is 5.69 Å². The summed E-state index contributed by atoms with van der Waals surface area (Å²) in [5.74, 6) is 0.263. The molecule has 0 aliphatic carbocycles. The van der Waals surface area contributed by atoms with Gasteiger partial charge in [0.1, 0.15) is 23.1 Å². The van der Waals surface area contributed by atoms with Crippen molar-refractivity contribution in [3.05, 3.63) is 25.8 Å². The number of nitro benzene ring substituents is 1. The summed E-state index contributed by atoms with van der Waals surface area (Å²) in [5, 5.41) is 21.9. The quantitative estimate of drug-likeness (QED) is 0.454. The third-order valence-electron chi connectivity index (χ3n) is 2.17. The van der Waals surface area contributed by atoms with Crippen LogP contribution in [0.1, 0.15) is 20.8 Å². The van der Waals surface area contributed by atoms with E-state index in [2.05, 4.69) is 5.32 Å². The smallest absolute Gasteiger partial charge is 0.412 e. The highest BCUT2D eigenvalue weighted by molar-refractivity contribution is 14.1. The van der Waals surface area contributed by atoms with Crippen LogP contribution in [0.4, 0.5) is 16.2 Å². The first kappa shape index (κ1) is 18.0. The van der Waals surface area contributed by atoms with Crippen LogP contribution in [0.3, 0.4) is 0 Å². The lowest BCUT2D eigenvalue weighted by Gasteiger charge is -2.19. The molecule has 0 unspecified atom stereocenters. The number of nitro groups is 1. The molecule has 9 heteroatoms. The molecule has 0 atom stereocenters. The first-order chi connectivity index (χ1) is 10.1. The second-order valence-corrected chi connectivity index (χ2v) is 6.29. The molecule has 0 fully saturated rings. The van der Waals surface area contributed by atoms with Crippen LogP contribution in [0.5, 0.6) is 5.75 Å². The second-order valence-electron chi connectivity index (χ2n) is 5.13. The summed E-state index contributed by atoms with van der Waals surface area (Å²) in [6, 6.07) is 4.34. The molecule has 1 rings (SSSR count). The summed E-state index contributed by atoms with van der Waals surface area (Å²) in [4.78, 5) is 22.2. The first-order valence-corrected chi connectivity index (χ1v) is 7.19. The van der Waals surface area contributed by atoms with Gasteiger partial charge in [-0.1, -0.05) is 0 Å². The molecule has 22 heavy (non-hydrogen) atoms. The van der Waals surface area contributed by atoms with Crippen LogP contribution < -0.4 is 10.1 Å². The molecule has 0 saturated heterocycles. The first-order valence-electron chi connectivity index (χ1n) is 6.11. The van der Waals surface area contributed by atoms with E-state index in [1.807, 2.05) is 22.6 Å². The molecule has 0 saturated carbocycles. The Morgan fingerprint density at radius 3 is 2.64 bits per heavy atom. The maximum Gasteiger partial charge on any atom is 0.412 e. The second kappa shape index (κ2) is 7.26. The molecule has 0 aliphatic rings. The van der Waals surface area contributed by atoms with Crippen LogP contribution in [-0.2, 0) is 4.74 Å². The number of hydrogen-bond donors (Lipinski definition) is 1. The van der Waals surface area contributed by atoms with Gasteiger partial charge >= 0.3 is 6.09 Å². The van der Waals surface area contributed by atoms with E-state index in [9.17, 15) is 14.9 Å². The van der Waals surface area contributed by atoms with E-state index < -0.39 is 16.6 Å². The van der Waals surface area contributed by atoms with E-state index in [0.29, 0.717) is 3.57 Å². The van der Waals surface area contributed by atoms with E-state index in [0.717, 1.165) is 0 Å². The van der Waals surface area contributed by atoms with Crippen LogP contribution in [0.15, 0.2) is 12.1 Å². The van der Waals surface area contributed by atoms with Gasteiger partial charge in [0, 0.05) is 12.1 Å². The molecule has 0 bridgehead atoms. The van der Waals surface area contributed by atoms with E-state index in [4.69, 9.17) is 14.7 Å². The lowest BCUT2D eigenvalue weighted by atomic mass is 10.2. The Bertz CT molecular complexity index is 634. The van der Waals surface area contributed by atoms with Crippen molar-refractivity contribution in [1.82, 2.24) is 0 Å². The van der Waals surface area contributed by atoms with Crippen molar-refractivity contribution in [3.8, 4) is 11.8 Å². The monoisotopic (exact) mass is 419 g/mol. The summed E-state index contributed by atoms with van der Waals surface area (Å²) >= 11 is 1.85. The number of rotatable bonds is 4. The predicted molar refractivity (Wildman–Crippen MR) is 86.8 cm³/mol. The fourth-order valence-corrected chi connectivity index (χ4v) is 2.03. The summed E-state index contributed by atoms with van der Waals surface area (Å²) in [7, 11) is 0. The van der Waals surface area contributed by atoms with Crippen LogP contribution in [0.2, 0.25) is 0 Å².